The van der Waals surface area contributed by atoms with Crippen LogP contribution in [0.25, 0.3) is 5.76 Å². The van der Waals surface area contributed by atoms with Gasteiger partial charge in [0.25, 0.3) is 11.7 Å². The fourth-order valence-electron chi connectivity index (χ4n) is 3.61. The Morgan fingerprint density at radius 1 is 0.906 bits per heavy atom. The molecule has 0 aromatic heterocycles. The summed E-state index contributed by atoms with van der Waals surface area (Å²) in [5, 5.41) is 16.1. The third-order valence-corrected chi connectivity index (χ3v) is 6.05. The van der Waals surface area contributed by atoms with Crippen LogP contribution in [0, 0.1) is 5.82 Å². The number of primary sulfonamides is 1. The predicted molar refractivity (Wildman–Crippen MR) is 115 cm³/mol. The van der Waals surface area contributed by atoms with Crippen molar-refractivity contribution in [3.8, 4) is 0 Å². The highest BCUT2D eigenvalue weighted by atomic mass is 32.2. The number of nitrogens with zero attached hydrogens (tertiary/aromatic N) is 1. The quantitative estimate of drug-likeness (QED) is 0.358. The zero-order valence-corrected chi connectivity index (χ0v) is 17.3. The number of hydrogen-bond acceptors (Lipinski definition) is 5. The Hall–Kier alpha value is -3.82. The van der Waals surface area contributed by atoms with E-state index in [1.807, 2.05) is 0 Å². The van der Waals surface area contributed by atoms with Crippen molar-refractivity contribution in [2.45, 2.75) is 10.9 Å². The molecule has 3 aromatic carbocycles. The Kier molecular flexibility index (Phi) is 5.37. The van der Waals surface area contributed by atoms with E-state index in [0.29, 0.717) is 11.1 Å². The minimum Gasteiger partial charge on any atom is -0.507 e. The molecule has 1 amide bonds. The van der Waals surface area contributed by atoms with E-state index < -0.39 is 33.6 Å². The first-order valence-corrected chi connectivity index (χ1v) is 11.0. The van der Waals surface area contributed by atoms with Gasteiger partial charge in [-0.25, -0.2) is 17.9 Å². The van der Waals surface area contributed by atoms with Crippen molar-refractivity contribution in [1.29, 1.82) is 0 Å². The number of carbonyl (C=O) groups excluding carboxylic acids is 2. The number of aliphatic hydroxyl groups excluding tert-OH is 1. The van der Waals surface area contributed by atoms with Crippen LogP contribution in [0.3, 0.4) is 0 Å². The lowest BCUT2D eigenvalue weighted by Gasteiger charge is -2.25. The molecule has 162 valence electrons. The van der Waals surface area contributed by atoms with Crippen LogP contribution in [0.5, 0.6) is 0 Å². The molecule has 1 aliphatic rings. The normalized spacial score (nSPS) is 18.2. The van der Waals surface area contributed by atoms with Gasteiger partial charge in [0.05, 0.1) is 16.5 Å². The van der Waals surface area contributed by atoms with E-state index in [4.69, 9.17) is 5.14 Å². The zero-order chi connectivity index (χ0) is 23.0. The van der Waals surface area contributed by atoms with E-state index in [1.54, 1.807) is 30.3 Å². The first kappa shape index (κ1) is 21.4. The molecule has 0 bridgehead atoms. The molecule has 0 spiro atoms. The lowest BCUT2D eigenvalue weighted by molar-refractivity contribution is -0.132. The predicted octanol–water partition coefficient (Wildman–Crippen LogP) is 3.10. The fraction of sp³-hybridized carbons (Fsp3) is 0.0435. The summed E-state index contributed by atoms with van der Waals surface area (Å²) in [6.45, 7) is 0. The van der Waals surface area contributed by atoms with Crippen molar-refractivity contribution in [2.75, 3.05) is 4.90 Å². The van der Waals surface area contributed by atoms with Crippen molar-refractivity contribution in [1.82, 2.24) is 0 Å². The van der Waals surface area contributed by atoms with Gasteiger partial charge in [-0.05, 0) is 42.0 Å². The molecule has 0 saturated carbocycles. The maximum Gasteiger partial charge on any atom is 0.300 e. The average molecular weight is 452 g/mol. The minimum atomic E-state index is -3.96. The van der Waals surface area contributed by atoms with Gasteiger partial charge in [0.2, 0.25) is 10.0 Å². The molecule has 1 atom stereocenters. The van der Waals surface area contributed by atoms with E-state index >= 15 is 0 Å². The molecule has 0 aliphatic carbocycles. The summed E-state index contributed by atoms with van der Waals surface area (Å²) in [7, 11) is -3.96. The second-order valence-electron chi connectivity index (χ2n) is 7.13. The number of carbonyl (C=O) groups is 2. The van der Waals surface area contributed by atoms with Crippen LogP contribution in [0.4, 0.5) is 10.1 Å². The van der Waals surface area contributed by atoms with Gasteiger partial charge in [-0.3, -0.25) is 14.5 Å². The van der Waals surface area contributed by atoms with Crippen molar-refractivity contribution in [2.24, 2.45) is 5.14 Å². The number of Topliss-reactive ketones (excluding diaryl/α,β-unsaturated/α-hetero) is 1. The number of sulfonamides is 1. The van der Waals surface area contributed by atoms with Crippen LogP contribution < -0.4 is 10.0 Å². The van der Waals surface area contributed by atoms with Gasteiger partial charge in [-0.15, -0.1) is 0 Å². The van der Waals surface area contributed by atoms with Gasteiger partial charge >= 0.3 is 0 Å². The first-order valence-electron chi connectivity index (χ1n) is 9.43. The monoisotopic (exact) mass is 452 g/mol. The standard InChI is InChI=1S/C23H17FN2O5S/c24-16-8-6-14(7-9-16)20-19(21(27)15-4-2-1-3-5-15)22(28)23(29)26(20)17-10-12-18(13-11-17)32(25,30)31/h1-13,20,27H,(H2,25,30,31)/b21-19+/t20-/m1/s1. The molecule has 3 aromatic rings. The van der Waals surface area contributed by atoms with Crippen LogP contribution >= 0.6 is 0 Å². The third-order valence-electron chi connectivity index (χ3n) is 5.12. The van der Waals surface area contributed by atoms with Crippen LogP contribution in [0.15, 0.2) is 89.3 Å². The molecular formula is C23H17FN2O5S. The topological polar surface area (TPSA) is 118 Å². The van der Waals surface area contributed by atoms with Crippen molar-refractivity contribution in [3.63, 3.8) is 0 Å². The van der Waals surface area contributed by atoms with Gasteiger partial charge in [0.1, 0.15) is 11.6 Å². The summed E-state index contributed by atoms with van der Waals surface area (Å²) >= 11 is 0. The van der Waals surface area contributed by atoms with Gasteiger partial charge in [0, 0.05) is 11.3 Å². The fourth-order valence-corrected chi connectivity index (χ4v) is 4.12. The number of nitrogens with two attached hydrogens (primary N) is 1. The SMILES string of the molecule is NS(=O)(=O)c1ccc(N2C(=O)C(=O)/C(=C(/O)c3ccccc3)[C@H]2c2ccc(F)cc2)cc1. The lowest BCUT2D eigenvalue weighted by atomic mass is 9.95. The first-order chi connectivity index (χ1) is 15.2. The molecule has 1 fully saturated rings. The Labute approximate surface area is 183 Å². The second kappa shape index (κ2) is 8.03. The molecule has 1 saturated heterocycles. The molecular weight excluding hydrogens is 435 g/mol. The van der Waals surface area contributed by atoms with E-state index in [0.717, 1.165) is 4.90 Å². The van der Waals surface area contributed by atoms with Gasteiger partial charge < -0.3 is 5.11 Å². The molecule has 32 heavy (non-hydrogen) atoms. The molecule has 4 rings (SSSR count). The maximum absolute atomic E-state index is 13.5. The molecule has 1 aliphatic heterocycles. The zero-order valence-electron chi connectivity index (χ0n) is 16.5. The molecule has 9 heteroatoms. The molecule has 0 radical (unpaired) electrons. The van der Waals surface area contributed by atoms with Crippen LogP contribution in [0.1, 0.15) is 17.2 Å². The van der Waals surface area contributed by atoms with E-state index in [9.17, 15) is 27.5 Å². The number of aliphatic hydroxyl groups is 1. The van der Waals surface area contributed by atoms with Crippen molar-refractivity contribution >= 4 is 33.2 Å². The Balaban J connectivity index is 1.92. The molecule has 0 unspecified atom stereocenters. The number of rotatable bonds is 4. The summed E-state index contributed by atoms with van der Waals surface area (Å²) in [5.41, 5.74) is 0.769. The highest BCUT2D eigenvalue weighted by molar-refractivity contribution is 7.89. The maximum atomic E-state index is 13.5. The van der Waals surface area contributed by atoms with Crippen LogP contribution in [0.2, 0.25) is 0 Å². The Bertz CT molecular complexity index is 1340. The third kappa shape index (κ3) is 3.79. The number of hydrogen-bond donors (Lipinski definition) is 2. The molecule has 3 N–H and O–H groups in total. The number of ketones is 1. The number of benzene rings is 3. The molecule has 1 heterocycles. The van der Waals surface area contributed by atoms with Gasteiger partial charge in [0.15, 0.2) is 0 Å². The average Bonchev–Trinajstić information content (AvgIpc) is 3.04. The lowest BCUT2D eigenvalue weighted by Crippen LogP contribution is -2.29. The largest absolute Gasteiger partial charge is 0.507 e. The summed E-state index contributed by atoms with van der Waals surface area (Å²) < 4.78 is 36.7. The number of amides is 1. The second-order valence-corrected chi connectivity index (χ2v) is 8.69. The summed E-state index contributed by atoms with van der Waals surface area (Å²) in [5.74, 6) is -2.72. The Morgan fingerprint density at radius 2 is 1.50 bits per heavy atom. The summed E-state index contributed by atoms with van der Waals surface area (Å²) in [4.78, 5) is 26.9. The van der Waals surface area contributed by atoms with E-state index in [1.165, 1.54) is 48.5 Å². The summed E-state index contributed by atoms with van der Waals surface area (Å²) in [6.07, 6.45) is 0. The highest BCUT2D eigenvalue weighted by Gasteiger charge is 2.47. The van der Waals surface area contributed by atoms with Crippen LogP contribution in [-0.4, -0.2) is 25.2 Å². The van der Waals surface area contributed by atoms with E-state index in [2.05, 4.69) is 0 Å². The highest BCUT2D eigenvalue weighted by Crippen LogP contribution is 2.42. The van der Waals surface area contributed by atoms with Crippen LogP contribution in [-0.2, 0) is 19.6 Å². The number of anilines is 1. The Morgan fingerprint density at radius 3 is 2.06 bits per heavy atom. The van der Waals surface area contributed by atoms with E-state index in [-0.39, 0.29) is 21.9 Å². The summed E-state index contributed by atoms with van der Waals surface area (Å²) in [6, 6.07) is 17.5. The smallest absolute Gasteiger partial charge is 0.300 e. The van der Waals surface area contributed by atoms with Gasteiger partial charge in [-0.1, -0.05) is 42.5 Å². The number of halogens is 1. The van der Waals surface area contributed by atoms with Crippen molar-refractivity contribution in [3.05, 3.63) is 101 Å². The van der Waals surface area contributed by atoms with Gasteiger partial charge in [-0.2, -0.15) is 0 Å². The minimum absolute atomic E-state index is 0.164. The molecule has 7 nitrogen and oxygen atoms in total. The van der Waals surface area contributed by atoms with Crippen molar-refractivity contribution < 1.29 is 27.5 Å².